The molecule has 0 amide bonds. The van der Waals surface area contributed by atoms with Crippen molar-refractivity contribution >= 4 is 10.0 Å². The Hall–Kier alpha value is -0.880. The Balaban J connectivity index is 1.82. The summed E-state index contributed by atoms with van der Waals surface area (Å²) < 4.78 is 29.3. The van der Waals surface area contributed by atoms with Crippen molar-refractivity contribution < 1.29 is 8.42 Å². The highest BCUT2D eigenvalue weighted by Gasteiger charge is 2.40. The SMILES string of the molecule is Cc1nc(S(=O)(=O)N(CC2CCCCC2)C2CC2)cn1C. The van der Waals surface area contributed by atoms with Crippen LogP contribution in [-0.2, 0) is 17.1 Å². The van der Waals surface area contributed by atoms with Crippen LogP contribution in [0.25, 0.3) is 0 Å². The van der Waals surface area contributed by atoms with E-state index in [0.717, 1.165) is 18.7 Å². The van der Waals surface area contributed by atoms with Crippen LogP contribution >= 0.6 is 0 Å². The number of hydrogen-bond acceptors (Lipinski definition) is 3. The largest absolute Gasteiger partial charge is 0.337 e. The summed E-state index contributed by atoms with van der Waals surface area (Å²) in [5.74, 6) is 1.26. The maximum atomic E-state index is 12.9. The molecule has 1 aromatic rings. The van der Waals surface area contributed by atoms with Crippen molar-refractivity contribution in [1.29, 1.82) is 0 Å². The summed E-state index contributed by atoms with van der Waals surface area (Å²) in [6.45, 7) is 2.52. The third kappa shape index (κ3) is 3.16. The third-order valence-electron chi connectivity index (χ3n) is 4.78. The van der Waals surface area contributed by atoms with E-state index in [4.69, 9.17) is 0 Å². The lowest BCUT2D eigenvalue weighted by Gasteiger charge is -2.28. The molecule has 21 heavy (non-hydrogen) atoms. The number of rotatable bonds is 5. The maximum absolute atomic E-state index is 12.9. The molecular weight excluding hydrogens is 286 g/mol. The highest BCUT2D eigenvalue weighted by molar-refractivity contribution is 7.89. The molecule has 2 aliphatic rings. The average molecular weight is 311 g/mol. The minimum absolute atomic E-state index is 0.208. The van der Waals surface area contributed by atoms with E-state index in [2.05, 4.69) is 4.98 Å². The van der Waals surface area contributed by atoms with Gasteiger partial charge in [0, 0.05) is 25.8 Å². The van der Waals surface area contributed by atoms with Gasteiger partial charge in [0.05, 0.1) is 0 Å². The molecule has 1 aromatic heterocycles. The Morgan fingerprint density at radius 2 is 1.90 bits per heavy atom. The third-order valence-corrected chi connectivity index (χ3v) is 6.57. The van der Waals surface area contributed by atoms with Crippen LogP contribution in [0.4, 0.5) is 0 Å². The van der Waals surface area contributed by atoms with E-state index >= 15 is 0 Å². The summed E-state index contributed by atoms with van der Waals surface area (Å²) in [5, 5.41) is 0.213. The standard InChI is InChI=1S/C15H25N3O2S/c1-12-16-15(11-17(12)2)21(19,20)18(14-8-9-14)10-13-6-4-3-5-7-13/h11,13-14H,3-10H2,1-2H3. The van der Waals surface area contributed by atoms with Crippen LogP contribution in [0.3, 0.4) is 0 Å². The zero-order valence-corrected chi connectivity index (χ0v) is 13.8. The van der Waals surface area contributed by atoms with Gasteiger partial charge in [-0.15, -0.1) is 0 Å². The van der Waals surface area contributed by atoms with Gasteiger partial charge in [-0.3, -0.25) is 0 Å². The number of aromatic nitrogens is 2. The lowest BCUT2D eigenvalue weighted by molar-refractivity contribution is 0.274. The van der Waals surface area contributed by atoms with Gasteiger partial charge in [-0.25, -0.2) is 13.4 Å². The molecule has 2 fully saturated rings. The zero-order chi connectivity index (χ0) is 15.0. The van der Waals surface area contributed by atoms with Crippen LogP contribution in [-0.4, -0.2) is 34.9 Å². The second-order valence-electron chi connectivity index (χ2n) is 6.55. The molecule has 118 valence electrons. The normalized spacial score (nSPS) is 21.1. The molecule has 2 saturated carbocycles. The van der Waals surface area contributed by atoms with Crippen molar-refractivity contribution in [1.82, 2.24) is 13.9 Å². The second-order valence-corrected chi connectivity index (χ2v) is 8.38. The Labute approximate surface area is 127 Å². The molecule has 0 unspecified atom stereocenters. The van der Waals surface area contributed by atoms with E-state index < -0.39 is 10.0 Å². The molecule has 1 heterocycles. The van der Waals surface area contributed by atoms with Gasteiger partial charge in [0.25, 0.3) is 10.0 Å². The van der Waals surface area contributed by atoms with Crippen molar-refractivity contribution in [3.63, 3.8) is 0 Å². The summed E-state index contributed by atoms with van der Waals surface area (Å²) in [6, 6.07) is 0.208. The summed E-state index contributed by atoms with van der Waals surface area (Å²) in [6.07, 6.45) is 9.75. The van der Waals surface area contributed by atoms with Crippen molar-refractivity contribution in [2.24, 2.45) is 13.0 Å². The molecule has 0 aromatic carbocycles. The van der Waals surface area contributed by atoms with E-state index in [1.165, 1.54) is 32.1 Å². The first-order chi connectivity index (χ1) is 9.98. The fraction of sp³-hybridized carbons (Fsp3) is 0.800. The molecule has 2 aliphatic carbocycles. The Kier molecular flexibility index (Phi) is 4.10. The average Bonchev–Trinajstić information content (AvgIpc) is 3.23. The van der Waals surface area contributed by atoms with Crippen molar-refractivity contribution in [3.8, 4) is 0 Å². The van der Waals surface area contributed by atoms with E-state index in [-0.39, 0.29) is 11.1 Å². The first-order valence-electron chi connectivity index (χ1n) is 8.00. The maximum Gasteiger partial charge on any atom is 0.262 e. The van der Waals surface area contributed by atoms with Gasteiger partial charge in [-0.05, 0) is 38.5 Å². The van der Waals surface area contributed by atoms with Crippen LogP contribution in [0.5, 0.6) is 0 Å². The number of imidazole rings is 1. The van der Waals surface area contributed by atoms with E-state index in [9.17, 15) is 8.42 Å². The highest BCUT2D eigenvalue weighted by atomic mass is 32.2. The van der Waals surface area contributed by atoms with Gasteiger partial charge in [0.15, 0.2) is 5.03 Å². The summed E-state index contributed by atoms with van der Waals surface area (Å²) in [7, 11) is -1.60. The van der Waals surface area contributed by atoms with Crippen LogP contribution < -0.4 is 0 Å². The van der Waals surface area contributed by atoms with Gasteiger partial charge in [-0.2, -0.15) is 4.31 Å². The molecule has 5 nitrogen and oxygen atoms in total. The Bertz CT molecular complexity index is 579. The fourth-order valence-corrected chi connectivity index (χ4v) is 4.99. The molecule has 3 rings (SSSR count). The first-order valence-corrected chi connectivity index (χ1v) is 9.44. The van der Waals surface area contributed by atoms with Gasteiger partial charge in [-0.1, -0.05) is 19.3 Å². The quantitative estimate of drug-likeness (QED) is 0.839. The van der Waals surface area contributed by atoms with Gasteiger partial charge < -0.3 is 4.57 Å². The number of sulfonamides is 1. The number of hydrogen-bond donors (Lipinski definition) is 0. The predicted molar refractivity (Wildman–Crippen MR) is 81.4 cm³/mol. The summed E-state index contributed by atoms with van der Waals surface area (Å²) in [4.78, 5) is 4.24. The fourth-order valence-electron chi connectivity index (χ4n) is 3.20. The van der Waals surface area contributed by atoms with Gasteiger partial charge in [0.2, 0.25) is 0 Å². The second kappa shape index (κ2) is 5.72. The van der Waals surface area contributed by atoms with E-state index in [1.807, 2.05) is 14.0 Å². The number of nitrogens with zero attached hydrogens (tertiary/aromatic N) is 3. The van der Waals surface area contributed by atoms with Crippen molar-refractivity contribution in [2.45, 2.75) is 62.9 Å². The lowest BCUT2D eigenvalue weighted by atomic mass is 9.89. The Morgan fingerprint density at radius 1 is 1.24 bits per heavy atom. The van der Waals surface area contributed by atoms with E-state index in [1.54, 1.807) is 15.1 Å². The number of aryl methyl sites for hydroxylation is 2. The molecular formula is C15H25N3O2S. The highest BCUT2D eigenvalue weighted by Crippen LogP contribution is 2.35. The molecule has 0 atom stereocenters. The van der Waals surface area contributed by atoms with E-state index in [0.29, 0.717) is 12.5 Å². The topological polar surface area (TPSA) is 55.2 Å². The molecule has 6 heteroatoms. The monoisotopic (exact) mass is 311 g/mol. The molecule has 0 saturated heterocycles. The minimum atomic E-state index is -3.44. The lowest BCUT2D eigenvalue weighted by Crippen LogP contribution is -2.38. The first kappa shape index (κ1) is 15.0. The molecule has 0 radical (unpaired) electrons. The molecule has 0 bridgehead atoms. The Morgan fingerprint density at radius 3 is 2.43 bits per heavy atom. The van der Waals surface area contributed by atoms with Crippen molar-refractivity contribution in [2.75, 3.05) is 6.54 Å². The van der Waals surface area contributed by atoms with Crippen LogP contribution in [0.15, 0.2) is 11.2 Å². The summed E-state index contributed by atoms with van der Waals surface area (Å²) >= 11 is 0. The van der Waals surface area contributed by atoms with Crippen LogP contribution in [0.1, 0.15) is 50.8 Å². The van der Waals surface area contributed by atoms with Crippen LogP contribution in [0, 0.1) is 12.8 Å². The molecule has 0 N–H and O–H groups in total. The van der Waals surface area contributed by atoms with Crippen LogP contribution in [0.2, 0.25) is 0 Å². The molecule has 0 aliphatic heterocycles. The predicted octanol–water partition coefficient (Wildman–Crippen LogP) is 2.46. The molecule has 0 spiro atoms. The van der Waals surface area contributed by atoms with Gasteiger partial charge in [0.1, 0.15) is 5.82 Å². The smallest absolute Gasteiger partial charge is 0.262 e. The van der Waals surface area contributed by atoms with Crippen molar-refractivity contribution in [3.05, 3.63) is 12.0 Å². The zero-order valence-electron chi connectivity index (χ0n) is 13.0. The van der Waals surface area contributed by atoms with Gasteiger partial charge >= 0.3 is 0 Å². The minimum Gasteiger partial charge on any atom is -0.337 e. The summed E-state index contributed by atoms with van der Waals surface area (Å²) in [5.41, 5.74) is 0.